The molecule has 0 aliphatic carbocycles. The summed E-state index contributed by atoms with van der Waals surface area (Å²) in [6.07, 6.45) is 3.23. The summed E-state index contributed by atoms with van der Waals surface area (Å²) >= 11 is 0. The zero-order valence-corrected chi connectivity index (χ0v) is 11.0. The number of amides is 1. The van der Waals surface area contributed by atoms with Crippen molar-refractivity contribution in [1.29, 1.82) is 5.26 Å². The first-order valence-electron chi connectivity index (χ1n) is 5.93. The Hall–Kier alpha value is -2.09. The van der Waals surface area contributed by atoms with Gasteiger partial charge in [0.1, 0.15) is 0 Å². The molecule has 0 saturated heterocycles. The molecule has 1 aromatic heterocycles. The fourth-order valence-electron chi connectivity index (χ4n) is 1.65. The van der Waals surface area contributed by atoms with Crippen molar-refractivity contribution in [2.24, 2.45) is 5.92 Å². The number of hydrogen-bond donors (Lipinski definition) is 1. The summed E-state index contributed by atoms with van der Waals surface area (Å²) in [6.45, 7) is 4.90. The molecule has 96 valence electrons. The van der Waals surface area contributed by atoms with Crippen LogP contribution in [0.25, 0.3) is 0 Å². The third kappa shape index (κ3) is 3.45. The molecular formula is C13H18N4O. The van der Waals surface area contributed by atoms with Crippen LogP contribution in [0.3, 0.4) is 0 Å². The predicted octanol–water partition coefficient (Wildman–Crippen LogP) is 1.75. The summed E-state index contributed by atoms with van der Waals surface area (Å²) in [5, 5.41) is 11.9. The summed E-state index contributed by atoms with van der Waals surface area (Å²) in [7, 11) is 1.70. The van der Waals surface area contributed by atoms with E-state index < -0.39 is 0 Å². The number of carbonyl (C=O) groups excluding carboxylic acids is 1. The lowest BCUT2D eigenvalue weighted by Crippen LogP contribution is -2.31. The van der Waals surface area contributed by atoms with E-state index in [1.807, 2.05) is 6.92 Å². The smallest absolute Gasteiger partial charge is 0.255 e. The van der Waals surface area contributed by atoms with E-state index in [1.165, 1.54) is 0 Å². The van der Waals surface area contributed by atoms with Crippen molar-refractivity contribution in [1.82, 2.24) is 9.88 Å². The van der Waals surface area contributed by atoms with Crippen molar-refractivity contribution in [3.05, 3.63) is 24.0 Å². The number of nitriles is 1. The molecule has 1 unspecified atom stereocenters. The monoisotopic (exact) mass is 246 g/mol. The van der Waals surface area contributed by atoms with Gasteiger partial charge < -0.3 is 10.2 Å². The van der Waals surface area contributed by atoms with Gasteiger partial charge in [-0.2, -0.15) is 5.26 Å². The van der Waals surface area contributed by atoms with Crippen LogP contribution >= 0.6 is 0 Å². The van der Waals surface area contributed by atoms with Gasteiger partial charge in [0, 0.05) is 26.3 Å². The van der Waals surface area contributed by atoms with Gasteiger partial charge in [0.2, 0.25) is 0 Å². The van der Waals surface area contributed by atoms with Gasteiger partial charge in [-0.1, -0.05) is 0 Å². The van der Waals surface area contributed by atoms with E-state index in [-0.39, 0.29) is 11.8 Å². The highest BCUT2D eigenvalue weighted by molar-refractivity contribution is 5.99. The Bertz CT molecular complexity index is 453. The highest BCUT2D eigenvalue weighted by Gasteiger charge is 2.17. The second-order valence-electron chi connectivity index (χ2n) is 4.17. The van der Waals surface area contributed by atoms with Crippen LogP contribution in [0.2, 0.25) is 0 Å². The molecule has 0 fully saturated rings. The van der Waals surface area contributed by atoms with E-state index in [9.17, 15) is 4.79 Å². The van der Waals surface area contributed by atoms with E-state index in [0.717, 1.165) is 12.2 Å². The summed E-state index contributed by atoms with van der Waals surface area (Å²) in [5.74, 6) is -0.279. The van der Waals surface area contributed by atoms with Crippen LogP contribution in [0.5, 0.6) is 0 Å². The lowest BCUT2D eigenvalue weighted by atomic mass is 10.1. The first-order chi connectivity index (χ1) is 8.60. The van der Waals surface area contributed by atoms with Crippen LogP contribution in [0.1, 0.15) is 24.2 Å². The number of aromatic nitrogens is 1. The lowest BCUT2D eigenvalue weighted by molar-refractivity contribution is 0.0786. The topological polar surface area (TPSA) is 69.0 Å². The molecule has 0 radical (unpaired) electrons. The van der Waals surface area contributed by atoms with E-state index in [2.05, 4.69) is 16.4 Å². The van der Waals surface area contributed by atoms with E-state index in [1.54, 1.807) is 37.3 Å². The molecule has 5 heteroatoms. The predicted molar refractivity (Wildman–Crippen MR) is 70.1 cm³/mol. The van der Waals surface area contributed by atoms with Crippen molar-refractivity contribution in [3.8, 4) is 6.07 Å². The molecule has 1 atom stereocenters. The number of hydrogen-bond acceptors (Lipinski definition) is 4. The van der Waals surface area contributed by atoms with Crippen LogP contribution in [-0.2, 0) is 0 Å². The number of rotatable bonds is 5. The molecular weight excluding hydrogens is 228 g/mol. The Balaban J connectivity index is 2.86. The quantitative estimate of drug-likeness (QED) is 0.859. The molecule has 0 saturated carbocycles. The number of pyridine rings is 1. The van der Waals surface area contributed by atoms with E-state index >= 15 is 0 Å². The molecule has 18 heavy (non-hydrogen) atoms. The van der Waals surface area contributed by atoms with Crippen LogP contribution < -0.4 is 5.32 Å². The average Bonchev–Trinajstić information content (AvgIpc) is 2.38. The molecule has 1 heterocycles. The Morgan fingerprint density at radius 2 is 2.39 bits per heavy atom. The van der Waals surface area contributed by atoms with Gasteiger partial charge >= 0.3 is 0 Å². The van der Waals surface area contributed by atoms with Crippen molar-refractivity contribution in [2.45, 2.75) is 13.8 Å². The van der Waals surface area contributed by atoms with Crippen molar-refractivity contribution in [2.75, 3.05) is 25.5 Å². The molecule has 0 bridgehead atoms. The minimum Gasteiger partial charge on any atom is -0.383 e. The Kier molecular flexibility index (Phi) is 5.12. The normalized spacial score (nSPS) is 11.4. The van der Waals surface area contributed by atoms with Gasteiger partial charge in [-0.05, 0) is 19.9 Å². The van der Waals surface area contributed by atoms with E-state index in [0.29, 0.717) is 12.1 Å². The van der Waals surface area contributed by atoms with Crippen LogP contribution in [0.4, 0.5) is 5.69 Å². The average molecular weight is 246 g/mol. The molecule has 0 spiro atoms. The number of nitrogens with one attached hydrogen (secondary N) is 1. The minimum absolute atomic E-state index is 0.101. The SMILES string of the molecule is CCNc1cnccc1C(=O)N(C)CC(C)C#N. The third-order valence-corrected chi connectivity index (χ3v) is 2.53. The van der Waals surface area contributed by atoms with Crippen molar-refractivity contribution >= 4 is 11.6 Å². The maximum Gasteiger partial charge on any atom is 0.255 e. The number of carbonyl (C=O) groups is 1. The minimum atomic E-state index is -0.177. The van der Waals surface area contributed by atoms with Crippen LogP contribution in [0.15, 0.2) is 18.5 Å². The standard InChI is InChI=1S/C13H18N4O/c1-4-16-12-8-15-6-5-11(12)13(18)17(3)9-10(2)7-14/h5-6,8,10,16H,4,9H2,1-3H3. The summed E-state index contributed by atoms with van der Waals surface area (Å²) in [5.41, 5.74) is 1.31. The molecule has 1 rings (SSSR count). The van der Waals surface area contributed by atoms with Crippen LogP contribution in [0, 0.1) is 17.2 Å². The summed E-state index contributed by atoms with van der Waals surface area (Å²) in [6, 6.07) is 3.81. The lowest BCUT2D eigenvalue weighted by Gasteiger charge is -2.20. The third-order valence-electron chi connectivity index (χ3n) is 2.53. The molecule has 0 aliphatic rings. The highest BCUT2D eigenvalue weighted by atomic mass is 16.2. The molecule has 1 N–H and O–H groups in total. The molecule has 1 aromatic rings. The van der Waals surface area contributed by atoms with Gasteiger partial charge in [0.25, 0.3) is 5.91 Å². The molecule has 1 amide bonds. The highest BCUT2D eigenvalue weighted by Crippen LogP contribution is 2.15. The van der Waals surface area contributed by atoms with Gasteiger partial charge in [-0.3, -0.25) is 9.78 Å². The summed E-state index contributed by atoms with van der Waals surface area (Å²) in [4.78, 5) is 17.8. The van der Waals surface area contributed by atoms with Gasteiger partial charge in [-0.15, -0.1) is 0 Å². The second-order valence-corrected chi connectivity index (χ2v) is 4.17. The fourth-order valence-corrected chi connectivity index (χ4v) is 1.65. The fraction of sp³-hybridized carbons (Fsp3) is 0.462. The molecule has 5 nitrogen and oxygen atoms in total. The second kappa shape index (κ2) is 6.60. The van der Waals surface area contributed by atoms with E-state index in [4.69, 9.17) is 5.26 Å². The van der Waals surface area contributed by atoms with Crippen molar-refractivity contribution in [3.63, 3.8) is 0 Å². The van der Waals surface area contributed by atoms with Crippen molar-refractivity contribution < 1.29 is 4.79 Å². The Morgan fingerprint density at radius 1 is 1.67 bits per heavy atom. The summed E-state index contributed by atoms with van der Waals surface area (Å²) < 4.78 is 0. The largest absolute Gasteiger partial charge is 0.383 e. The van der Waals surface area contributed by atoms with Gasteiger partial charge in [-0.25, -0.2) is 0 Å². The zero-order valence-electron chi connectivity index (χ0n) is 11.0. The molecule has 0 aliphatic heterocycles. The Labute approximate surface area is 107 Å². The zero-order chi connectivity index (χ0) is 13.5. The maximum atomic E-state index is 12.2. The van der Waals surface area contributed by atoms with Gasteiger partial charge in [0.05, 0.1) is 29.4 Å². The molecule has 0 aromatic carbocycles. The van der Waals surface area contributed by atoms with Gasteiger partial charge in [0.15, 0.2) is 0 Å². The first kappa shape index (κ1) is 14.0. The number of nitrogens with zero attached hydrogens (tertiary/aromatic N) is 3. The van der Waals surface area contributed by atoms with Crippen LogP contribution in [-0.4, -0.2) is 35.9 Å². The Morgan fingerprint density at radius 3 is 3.00 bits per heavy atom. The number of anilines is 1. The maximum absolute atomic E-state index is 12.2. The first-order valence-corrected chi connectivity index (χ1v) is 5.93.